The van der Waals surface area contributed by atoms with Gasteiger partial charge in [-0.05, 0) is 214 Å². The molecular formula is C90H54O2. The van der Waals surface area contributed by atoms with Gasteiger partial charge in [-0.15, -0.1) is 0 Å². The van der Waals surface area contributed by atoms with Gasteiger partial charge in [0.1, 0.15) is 22.3 Å². The van der Waals surface area contributed by atoms with Crippen LogP contribution in [0.2, 0.25) is 0 Å². The summed E-state index contributed by atoms with van der Waals surface area (Å²) in [4.78, 5) is 0. The third kappa shape index (κ3) is 8.14. The van der Waals surface area contributed by atoms with Crippen molar-refractivity contribution in [3.05, 3.63) is 328 Å². The molecule has 2 aromatic heterocycles. The molecule has 0 fully saturated rings. The van der Waals surface area contributed by atoms with Crippen molar-refractivity contribution in [2.75, 3.05) is 0 Å². The molecule has 0 bridgehead atoms. The van der Waals surface area contributed by atoms with Crippen LogP contribution in [-0.2, 0) is 0 Å². The van der Waals surface area contributed by atoms with E-state index in [2.05, 4.69) is 328 Å². The Balaban J connectivity index is 0.785. The first-order valence-corrected chi connectivity index (χ1v) is 31.7. The minimum absolute atomic E-state index is 0.860. The highest BCUT2D eigenvalue weighted by molar-refractivity contribution is 6.31. The first-order valence-electron chi connectivity index (χ1n) is 31.7. The van der Waals surface area contributed by atoms with E-state index in [0.717, 1.165) is 105 Å². The second kappa shape index (κ2) is 20.8. The zero-order chi connectivity index (χ0) is 60.4. The SMILES string of the molecule is c1ccc(-c2cc(-c3cccc(-c4cccc(-c5cc(-c6c7ccccc7c(-c7ccccc7)c7ccccc67)c6c(c5)oc5ccc7ccccc7c56)c4)c3)cc(-c3c4ccccc4c(-c4cccc5oc6ccc7ccccc7c6c45)c4ccccc34)c2)cc1. The lowest BCUT2D eigenvalue weighted by Gasteiger charge is -2.20. The smallest absolute Gasteiger partial charge is 0.136 e. The van der Waals surface area contributed by atoms with Gasteiger partial charge < -0.3 is 8.83 Å². The van der Waals surface area contributed by atoms with Crippen molar-refractivity contribution in [3.63, 3.8) is 0 Å². The topological polar surface area (TPSA) is 26.3 Å². The first kappa shape index (κ1) is 51.9. The van der Waals surface area contributed by atoms with Gasteiger partial charge in [0, 0.05) is 21.5 Å². The number of rotatable bonds is 8. The molecule has 0 aliphatic rings. The summed E-state index contributed by atoms with van der Waals surface area (Å²) in [6.07, 6.45) is 0. The van der Waals surface area contributed by atoms with Crippen molar-refractivity contribution in [2.45, 2.75) is 0 Å². The van der Waals surface area contributed by atoms with Crippen LogP contribution in [0.3, 0.4) is 0 Å². The molecule has 2 heterocycles. The minimum atomic E-state index is 0.860. The molecule has 2 heteroatoms. The summed E-state index contributed by atoms with van der Waals surface area (Å²) in [6.45, 7) is 0. The third-order valence-electron chi connectivity index (χ3n) is 19.4. The molecular weight excluding hydrogens is 1110 g/mol. The van der Waals surface area contributed by atoms with Crippen LogP contribution in [0, 0.1) is 0 Å². The van der Waals surface area contributed by atoms with Crippen LogP contribution in [-0.4, -0.2) is 0 Å². The van der Waals surface area contributed by atoms with Crippen LogP contribution in [0.4, 0.5) is 0 Å². The monoisotopic (exact) mass is 1170 g/mol. The summed E-state index contributed by atoms with van der Waals surface area (Å²) < 4.78 is 13.8. The van der Waals surface area contributed by atoms with E-state index in [1.165, 1.54) is 92.5 Å². The van der Waals surface area contributed by atoms with Crippen LogP contribution in [0.15, 0.2) is 336 Å². The number of hydrogen-bond donors (Lipinski definition) is 0. The van der Waals surface area contributed by atoms with Crippen molar-refractivity contribution >= 4 is 109 Å². The Kier molecular flexibility index (Phi) is 11.7. The van der Waals surface area contributed by atoms with Gasteiger partial charge in [-0.1, -0.05) is 267 Å². The number of hydrogen-bond acceptors (Lipinski definition) is 2. The van der Waals surface area contributed by atoms with Crippen molar-refractivity contribution in [1.82, 2.24) is 0 Å². The standard InChI is InChI=1S/C90H54O2/c1-3-22-55(23-4-1)63-50-64(52-66(51-63)84-71-36-13-15-38-73(71)85(74-39-16-14-37-72(74)84)77-42-21-43-79-89(77)87-67-32-9-7-24-56(67)44-46-80(87)91-79)61-30-19-28-59(48-61)60-29-20-31-62(49-60)65-53-78(90-82(54-65)92-81-47-45-57-25-8-10-33-68(57)88(81)90)86-75-40-17-11-34-69(75)83(58-26-5-2-6-27-58)70-35-12-18-41-76(70)86/h1-54H. The molecule has 0 radical (unpaired) electrons. The van der Waals surface area contributed by atoms with E-state index in [4.69, 9.17) is 8.83 Å². The lowest BCUT2D eigenvalue weighted by atomic mass is 9.83. The number of furan rings is 2. The Hall–Kier alpha value is -12.1. The van der Waals surface area contributed by atoms with Gasteiger partial charge in [0.25, 0.3) is 0 Å². The van der Waals surface area contributed by atoms with Gasteiger partial charge in [-0.2, -0.15) is 0 Å². The molecule has 0 atom stereocenters. The van der Waals surface area contributed by atoms with Gasteiger partial charge in [0.2, 0.25) is 0 Å². The highest BCUT2D eigenvalue weighted by Gasteiger charge is 2.25. The lowest BCUT2D eigenvalue weighted by Crippen LogP contribution is -1.93. The van der Waals surface area contributed by atoms with Gasteiger partial charge in [0.05, 0.1) is 0 Å². The average molecular weight is 1170 g/mol. The second-order valence-corrected chi connectivity index (χ2v) is 24.5. The maximum atomic E-state index is 7.07. The summed E-state index contributed by atoms with van der Waals surface area (Å²) in [5.41, 5.74) is 22.1. The van der Waals surface area contributed by atoms with E-state index in [1.807, 2.05) is 0 Å². The van der Waals surface area contributed by atoms with Crippen LogP contribution in [0.1, 0.15) is 0 Å². The molecule has 0 unspecified atom stereocenters. The summed E-state index contributed by atoms with van der Waals surface area (Å²) in [5, 5.41) is 18.9. The quantitative estimate of drug-likeness (QED) is 0.142. The van der Waals surface area contributed by atoms with Crippen molar-refractivity contribution in [3.8, 4) is 89.0 Å². The van der Waals surface area contributed by atoms with E-state index >= 15 is 0 Å². The average Bonchev–Trinajstić information content (AvgIpc) is 1.27. The van der Waals surface area contributed by atoms with E-state index in [9.17, 15) is 0 Å². The zero-order valence-electron chi connectivity index (χ0n) is 50.0. The third-order valence-corrected chi connectivity index (χ3v) is 19.4. The predicted octanol–water partition coefficient (Wildman–Crippen LogP) is 25.7. The maximum Gasteiger partial charge on any atom is 0.136 e. The fourth-order valence-corrected chi connectivity index (χ4v) is 15.4. The molecule has 0 N–H and O–H groups in total. The Morgan fingerprint density at radius 3 is 0.989 bits per heavy atom. The van der Waals surface area contributed by atoms with E-state index in [0.29, 0.717) is 0 Å². The van der Waals surface area contributed by atoms with Crippen molar-refractivity contribution < 1.29 is 8.83 Å². The van der Waals surface area contributed by atoms with Crippen LogP contribution < -0.4 is 0 Å². The first-order chi connectivity index (χ1) is 45.6. The van der Waals surface area contributed by atoms with Gasteiger partial charge in [-0.25, -0.2) is 0 Å². The Morgan fingerprint density at radius 2 is 0.478 bits per heavy atom. The summed E-state index contributed by atoms with van der Waals surface area (Å²) in [5.74, 6) is 0. The zero-order valence-corrected chi connectivity index (χ0v) is 50.0. The molecule has 92 heavy (non-hydrogen) atoms. The van der Waals surface area contributed by atoms with Gasteiger partial charge >= 0.3 is 0 Å². The predicted molar refractivity (Wildman–Crippen MR) is 390 cm³/mol. The lowest BCUT2D eigenvalue weighted by molar-refractivity contribution is 0.669. The fourth-order valence-electron chi connectivity index (χ4n) is 15.4. The second-order valence-electron chi connectivity index (χ2n) is 24.5. The molecule has 0 saturated heterocycles. The minimum Gasteiger partial charge on any atom is -0.456 e. The van der Waals surface area contributed by atoms with Gasteiger partial charge in [-0.3, -0.25) is 0 Å². The molecule has 426 valence electrons. The van der Waals surface area contributed by atoms with Crippen LogP contribution in [0.5, 0.6) is 0 Å². The molecule has 2 nitrogen and oxygen atoms in total. The molecule has 17 aromatic carbocycles. The molecule has 0 spiro atoms. The van der Waals surface area contributed by atoms with E-state index in [-0.39, 0.29) is 0 Å². The normalized spacial score (nSPS) is 11.9. The maximum absolute atomic E-state index is 7.07. The number of benzene rings is 17. The summed E-state index contributed by atoms with van der Waals surface area (Å²) in [6, 6.07) is 120. The van der Waals surface area contributed by atoms with Crippen LogP contribution in [0.25, 0.3) is 198 Å². The molecule has 19 rings (SSSR count). The largest absolute Gasteiger partial charge is 0.456 e. The summed E-state index contributed by atoms with van der Waals surface area (Å²) in [7, 11) is 0. The number of fused-ring (bicyclic) bond motifs is 14. The molecule has 0 aliphatic heterocycles. The molecule has 19 aromatic rings. The van der Waals surface area contributed by atoms with Crippen molar-refractivity contribution in [2.24, 2.45) is 0 Å². The van der Waals surface area contributed by atoms with Crippen molar-refractivity contribution in [1.29, 1.82) is 0 Å². The summed E-state index contributed by atoms with van der Waals surface area (Å²) >= 11 is 0. The molecule has 0 amide bonds. The fraction of sp³-hybridized carbons (Fsp3) is 0. The van der Waals surface area contributed by atoms with Gasteiger partial charge in [0.15, 0.2) is 0 Å². The highest BCUT2D eigenvalue weighted by Crippen LogP contribution is 2.52. The van der Waals surface area contributed by atoms with E-state index in [1.54, 1.807) is 0 Å². The Bertz CT molecular complexity index is 6130. The molecule has 0 saturated carbocycles. The van der Waals surface area contributed by atoms with Crippen LogP contribution >= 0.6 is 0 Å². The molecule has 0 aliphatic carbocycles. The van der Waals surface area contributed by atoms with E-state index < -0.39 is 0 Å². The Morgan fingerprint density at radius 1 is 0.152 bits per heavy atom. The Labute approximate surface area is 530 Å². The highest BCUT2D eigenvalue weighted by atomic mass is 16.3.